The van der Waals surface area contributed by atoms with Gasteiger partial charge in [0, 0.05) is 21.8 Å². The van der Waals surface area contributed by atoms with Gasteiger partial charge in [0.05, 0.1) is 5.54 Å². The van der Waals surface area contributed by atoms with Crippen LogP contribution in [0.15, 0.2) is 53.0 Å². The van der Waals surface area contributed by atoms with Crippen molar-refractivity contribution >= 4 is 39.2 Å². The molecule has 0 aromatic heterocycles. The SMILES string of the molecule is CC(C)C(=O)Nc1ccc(NC(=O)NC2(c3ccc(Br)cc3)CCC2)cc1. The molecule has 0 bridgehead atoms. The van der Waals surface area contributed by atoms with E-state index in [1.54, 1.807) is 24.3 Å². The van der Waals surface area contributed by atoms with Crippen LogP contribution in [0.1, 0.15) is 38.7 Å². The number of amides is 3. The summed E-state index contributed by atoms with van der Waals surface area (Å²) in [6.07, 6.45) is 2.96. The lowest BCUT2D eigenvalue weighted by Crippen LogP contribution is -2.52. The van der Waals surface area contributed by atoms with Crippen LogP contribution >= 0.6 is 15.9 Å². The van der Waals surface area contributed by atoms with Crippen molar-refractivity contribution in [2.45, 2.75) is 38.6 Å². The quantitative estimate of drug-likeness (QED) is 0.607. The van der Waals surface area contributed by atoms with E-state index in [1.165, 1.54) is 0 Å². The largest absolute Gasteiger partial charge is 0.328 e. The summed E-state index contributed by atoms with van der Waals surface area (Å²) in [5, 5.41) is 8.85. The van der Waals surface area contributed by atoms with Crippen molar-refractivity contribution < 1.29 is 9.59 Å². The van der Waals surface area contributed by atoms with Gasteiger partial charge in [-0.25, -0.2) is 4.79 Å². The van der Waals surface area contributed by atoms with E-state index in [4.69, 9.17) is 0 Å². The Hall–Kier alpha value is -2.34. The molecule has 6 heteroatoms. The maximum Gasteiger partial charge on any atom is 0.319 e. The van der Waals surface area contributed by atoms with Gasteiger partial charge in [0.15, 0.2) is 0 Å². The lowest BCUT2D eigenvalue weighted by atomic mass is 9.72. The molecule has 3 amide bonds. The molecule has 1 fully saturated rings. The summed E-state index contributed by atoms with van der Waals surface area (Å²) in [7, 11) is 0. The van der Waals surface area contributed by atoms with Crippen molar-refractivity contribution in [2.75, 3.05) is 10.6 Å². The van der Waals surface area contributed by atoms with Gasteiger partial charge >= 0.3 is 6.03 Å². The summed E-state index contributed by atoms with van der Waals surface area (Å²) >= 11 is 3.45. The van der Waals surface area contributed by atoms with Crippen molar-refractivity contribution in [2.24, 2.45) is 5.92 Å². The van der Waals surface area contributed by atoms with Crippen LogP contribution in [0.4, 0.5) is 16.2 Å². The fourth-order valence-corrected chi connectivity index (χ4v) is 3.35. The van der Waals surface area contributed by atoms with Gasteiger partial charge < -0.3 is 16.0 Å². The third kappa shape index (κ3) is 4.69. The second-order valence-electron chi connectivity index (χ2n) is 7.24. The first-order valence-corrected chi connectivity index (χ1v) is 9.93. The number of halogens is 1. The van der Waals surface area contributed by atoms with E-state index in [0.717, 1.165) is 29.3 Å². The number of urea groups is 1. The molecule has 3 N–H and O–H groups in total. The third-order valence-corrected chi connectivity index (χ3v) is 5.42. The molecule has 1 saturated carbocycles. The second-order valence-corrected chi connectivity index (χ2v) is 8.16. The molecule has 0 heterocycles. The number of rotatable bonds is 5. The van der Waals surface area contributed by atoms with Crippen LogP contribution in [0.2, 0.25) is 0 Å². The van der Waals surface area contributed by atoms with Crippen LogP contribution in [0, 0.1) is 5.92 Å². The number of hydrogen-bond donors (Lipinski definition) is 3. The van der Waals surface area contributed by atoms with E-state index in [0.29, 0.717) is 11.4 Å². The summed E-state index contributed by atoms with van der Waals surface area (Å²) < 4.78 is 1.02. The summed E-state index contributed by atoms with van der Waals surface area (Å²) in [5.41, 5.74) is 2.22. The zero-order chi connectivity index (χ0) is 19.4. The third-order valence-electron chi connectivity index (χ3n) is 4.89. The molecular formula is C21H24BrN3O2. The molecule has 0 aliphatic heterocycles. The number of anilines is 2. The second kappa shape index (κ2) is 8.13. The van der Waals surface area contributed by atoms with Crippen LogP contribution in [-0.2, 0) is 10.3 Å². The highest BCUT2D eigenvalue weighted by atomic mass is 79.9. The highest BCUT2D eigenvalue weighted by molar-refractivity contribution is 9.10. The van der Waals surface area contributed by atoms with Crippen molar-refractivity contribution in [3.63, 3.8) is 0 Å². The van der Waals surface area contributed by atoms with Gasteiger partial charge in [0.25, 0.3) is 0 Å². The van der Waals surface area contributed by atoms with Crippen LogP contribution in [-0.4, -0.2) is 11.9 Å². The first kappa shape index (κ1) is 19.4. The van der Waals surface area contributed by atoms with Gasteiger partial charge in [-0.05, 0) is 61.2 Å². The van der Waals surface area contributed by atoms with Gasteiger partial charge in [-0.1, -0.05) is 41.9 Å². The van der Waals surface area contributed by atoms with Crippen LogP contribution < -0.4 is 16.0 Å². The van der Waals surface area contributed by atoms with E-state index in [1.807, 2.05) is 26.0 Å². The highest BCUT2D eigenvalue weighted by Crippen LogP contribution is 2.41. The van der Waals surface area contributed by atoms with Crippen LogP contribution in [0.5, 0.6) is 0 Å². The van der Waals surface area contributed by atoms with Crippen molar-refractivity contribution in [3.8, 4) is 0 Å². The fourth-order valence-electron chi connectivity index (χ4n) is 3.09. The molecule has 0 spiro atoms. The molecule has 2 aromatic rings. The number of hydrogen-bond acceptors (Lipinski definition) is 2. The Balaban J connectivity index is 1.61. The summed E-state index contributed by atoms with van der Waals surface area (Å²) in [6, 6.07) is 15.0. The maximum absolute atomic E-state index is 12.5. The normalized spacial score (nSPS) is 15.0. The number of carbonyl (C=O) groups is 2. The van der Waals surface area contributed by atoms with E-state index in [9.17, 15) is 9.59 Å². The minimum Gasteiger partial charge on any atom is -0.328 e. The molecule has 0 radical (unpaired) electrons. The summed E-state index contributed by atoms with van der Waals surface area (Å²) in [6.45, 7) is 3.69. The van der Waals surface area contributed by atoms with Crippen molar-refractivity contribution in [3.05, 3.63) is 58.6 Å². The average Bonchev–Trinajstić information content (AvgIpc) is 2.60. The predicted octanol–water partition coefficient (Wildman–Crippen LogP) is 5.24. The lowest BCUT2D eigenvalue weighted by molar-refractivity contribution is -0.118. The minimum atomic E-state index is -0.296. The molecule has 5 nitrogen and oxygen atoms in total. The molecule has 1 aliphatic rings. The Labute approximate surface area is 168 Å². The summed E-state index contributed by atoms with van der Waals surface area (Å²) in [4.78, 5) is 24.2. The predicted molar refractivity (Wildman–Crippen MR) is 112 cm³/mol. The molecule has 0 atom stereocenters. The van der Waals surface area contributed by atoms with Gasteiger partial charge in [-0.3, -0.25) is 4.79 Å². The monoisotopic (exact) mass is 429 g/mol. The van der Waals surface area contributed by atoms with E-state index >= 15 is 0 Å². The van der Waals surface area contributed by atoms with Gasteiger partial charge in [0.1, 0.15) is 0 Å². The first-order valence-electron chi connectivity index (χ1n) is 9.14. The van der Waals surface area contributed by atoms with E-state index in [-0.39, 0.29) is 23.4 Å². The van der Waals surface area contributed by atoms with Crippen LogP contribution in [0.25, 0.3) is 0 Å². The molecule has 0 saturated heterocycles. The molecule has 1 aliphatic carbocycles. The Morgan fingerprint density at radius 1 is 0.926 bits per heavy atom. The highest BCUT2D eigenvalue weighted by Gasteiger charge is 2.40. The Kier molecular flexibility index (Phi) is 5.85. The Morgan fingerprint density at radius 2 is 1.48 bits per heavy atom. The molecule has 3 rings (SSSR count). The van der Waals surface area contributed by atoms with Crippen molar-refractivity contribution in [1.29, 1.82) is 0 Å². The minimum absolute atomic E-state index is 0.0325. The maximum atomic E-state index is 12.5. The zero-order valence-corrected chi connectivity index (χ0v) is 17.1. The summed E-state index contributed by atoms with van der Waals surface area (Å²) in [5.74, 6) is -0.110. The topological polar surface area (TPSA) is 70.2 Å². The fraction of sp³-hybridized carbons (Fsp3) is 0.333. The molecule has 0 unspecified atom stereocenters. The van der Waals surface area contributed by atoms with Gasteiger partial charge in [-0.2, -0.15) is 0 Å². The zero-order valence-electron chi connectivity index (χ0n) is 15.5. The van der Waals surface area contributed by atoms with E-state index in [2.05, 4.69) is 44.0 Å². The Morgan fingerprint density at radius 3 is 1.96 bits per heavy atom. The first-order chi connectivity index (χ1) is 12.9. The van der Waals surface area contributed by atoms with E-state index < -0.39 is 0 Å². The Bertz CT molecular complexity index is 812. The number of nitrogens with one attached hydrogen (secondary N) is 3. The molecule has 142 valence electrons. The van der Waals surface area contributed by atoms with Gasteiger partial charge in [0.2, 0.25) is 5.91 Å². The average molecular weight is 430 g/mol. The molecular weight excluding hydrogens is 406 g/mol. The van der Waals surface area contributed by atoms with Gasteiger partial charge in [-0.15, -0.1) is 0 Å². The lowest BCUT2D eigenvalue weighted by Gasteiger charge is -2.43. The standard InChI is InChI=1S/C21H24BrN3O2/c1-14(2)19(26)23-17-8-10-18(11-9-17)24-20(27)25-21(12-3-13-21)15-4-6-16(22)7-5-15/h4-11,14H,3,12-13H2,1-2H3,(H,23,26)(H2,24,25,27). The van der Waals surface area contributed by atoms with Crippen LogP contribution in [0.3, 0.4) is 0 Å². The van der Waals surface area contributed by atoms with Crippen molar-refractivity contribution in [1.82, 2.24) is 5.32 Å². The number of carbonyl (C=O) groups excluding carboxylic acids is 2. The molecule has 2 aromatic carbocycles. The molecule has 27 heavy (non-hydrogen) atoms. The number of benzene rings is 2. The smallest absolute Gasteiger partial charge is 0.319 e.